The number of ether oxygens (including phenoxy) is 3. The van der Waals surface area contributed by atoms with Gasteiger partial charge in [0.2, 0.25) is 5.91 Å². The second kappa shape index (κ2) is 8.98. The van der Waals surface area contributed by atoms with Crippen LogP contribution in [0.4, 0.5) is 0 Å². The van der Waals surface area contributed by atoms with Gasteiger partial charge in [0.1, 0.15) is 13.2 Å². The van der Waals surface area contributed by atoms with Crippen LogP contribution in [0.1, 0.15) is 14.5 Å². The number of ketones is 1. The van der Waals surface area contributed by atoms with Gasteiger partial charge in [0.05, 0.1) is 30.3 Å². The number of carbonyl (C=O) groups is 2. The van der Waals surface area contributed by atoms with E-state index in [4.69, 9.17) is 14.2 Å². The summed E-state index contributed by atoms with van der Waals surface area (Å²) in [6.07, 6.45) is 0.341. The molecule has 0 bridgehead atoms. The summed E-state index contributed by atoms with van der Waals surface area (Å²) >= 11 is 2.88. The molecule has 2 aliphatic heterocycles. The van der Waals surface area contributed by atoms with Crippen LogP contribution in [0.15, 0.2) is 35.2 Å². The minimum absolute atomic E-state index is 0.0648. The lowest BCUT2D eigenvalue weighted by molar-refractivity contribution is -0.134. The fourth-order valence-electron chi connectivity index (χ4n) is 3.03. The molecule has 6 nitrogen and oxygen atoms in total. The molecule has 3 heterocycles. The molecular weight excluding hydrogens is 398 g/mol. The number of thioether (sulfide) groups is 1. The molecule has 0 aliphatic carbocycles. The van der Waals surface area contributed by atoms with Gasteiger partial charge in [0.15, 0.2) is 17.3 Å². The lowest BCUT2D eigenvalue weighted by atomic mass is 10.3. The van der Waals surface area contributed by atoms with Crippen LogP contribution >= 0.6 is 23.1 Å². The number of morpholine rings is 1. The monoisotopic (exact) mass is 419 g/mol. The van der Waals surface area contributed by atoms with Crippen molar-refractivity contribution in [1.29, 1.82) is 0 Å². The number of benzene rings is 1. The van der Waals surface area contributed by atoms with Gasteiger partial charge in [-0.05, 0) is 30.3 Å². The molecule has 0 spiro atoms. The van der Waals surface area contributed by atoms with E-state index in [1.807, 2.05) is 35.2 Å². The van der Waals surface area contributed by atoms with Gasteiger partial charge >= 0.3 is 0 Å². The smallest absolute Gasteiger partial charge is 0.227 e. The molecule has 1 aromatic carbocycles. The molecule has 1 fully saturated rings. The normalized spacial score (nSPS) is 16.1. The predicted octanol–water partition coefficient (Wildman–Crippen LogP) is 2.90. The lowest BCUT2D eigenvalue weighted by Crippen LogP contribution is -2.41. The number of hydrogen-bond donors (Lipinski definition) is 0. The van der Waals surface area contributed by atoms with E-state index in [0.29, 0.717) is 56.6 Å². The molecular formula is C20H21NO5S2. The third-order valence-electron chi connectivity index (χ3n) is 4.51. The third-order valence-corrected chi connectivity index (χ3v) is 6.63. The van der Waals surface area contributed by atoms with Crippen LogP contribution in [0.2, 0.25) is 0 Å². The second-order valence-electron chi connectivity index (χ2n) is 6.45. The highest BCUT2D eigenvalue weighted by atomic mass is 32.2. The van der Waals surface area contributed by atoms with E-state index in [1.54, 1.807) is 0 Å². The number of rotatable bonds is 6. The SMILES string of the molecule is O=C(CSc1ccc2c(c1)OCCO2)c1ccc(CC(=O)N2CCOCC2)s1. The van der Waals surface area contributed by atoms with Crippen LogP contribution in [0.3, 0.4) is 0 Å². The van der Waals surface area contributed by atoms with Crippen LogP contribution in [0.25, 0.3) is 0 Å². The number of carbonyl (C=O) groups excluding carboxylic acids is 2. The van der Waals surface area contributed by atoms with Crippen molar-refractivity contribution < 1.29 is 23.8 Å². The number of nitrogens with zero attached hydrogens (tertiary/aromatic N) is 1. The second-order valence-corrected chi connectivity index (χ2v) is 8.67. The summed E-state index contributed by atoms with van der Waals surface area (Å²) in [6.45, 7) is 3.58. The fraction of sp³-hybridized carbons (Fsp3) is 0.400. The molecule has 0 N–H and O–H groups in total. The average Bonchev–Trinajstić information content (AvgIpc) is 3.21. The zero-order chi connectivity index (χ0) is 19.3. The molecule has 0 unspecified atom stereocenters. The highest BCUT2D eigenvalue weighted by molar-refractivity contribution is 8.00. The first-order chi connectivity index (χ1) is 13.7. The highest BCUT2D eigenvalue weighted by Gasteiger charge is 2.19. The Kier molecular flexibility index (Phi) is 6.19. The van der Waals surface area contributed by atoms with E-state index in [9.17, 15) is 9.59 Å². The van der Waals surface area contributed by atoms with Crippen LogP contribution < -0.4 is 9.47 Å². The average molecular weight is 420 g/mol. The van der Waals surface area contributed by atoms with Gasteiger partial charge in [0, 0.05) is 22.9 Å². The van der Waals surface area contributed by atoms with Crippen LogP contribution in [0.5, 0.6) is 11.5 Å². The molecule has 1 saturated heterocycles. The topological polar surface area (TPSA) is 65.1 Å². The molecule has 4 rings (SSSR count). The molecule has 2 aromatic rings. The Morgan fingerprint density at radius 3 is 2.61 bits per heavy atom. The highest BCUT2D eigenvalue weighted by Crippen LogP contribution is 2.34. The number of thiophene rings is 1. The third kappa shape index (κ3) is 4.68. The predicted molar refractivity (Wildman–Crippen MR) is 108 cm³/mol. The summed E-state index contributed by atoms with van der Waals surface area (Å²) in [5.74, 6) is 1.97. The van der Waals surface area contributed by atoms with Gasteiger partial charge in [0.25, 0.3) is 0 Å². The fourth-order valence-corrected chi connectivity index (χ4v) is 4.87. The summed E-state index contributed by atoms with van der Waals surface area (Å²) in [5.41, 5.74) is 0. The van der Waals surface area contributed by atoms with Gasteiger partial charge in [-0.15, -0.1) is 23.1 Å². The van der Waals surface area contributed by atoms with Crippen molar-refractivity contribution in [3.8, 4) is 11.5 Å². The molecule has 1 amide bonds. The van der Waals surface area contributed by atoms with Crippen molar-refractivity contribution >= 4 is 34.8 Å². The number of Topliss-reactive ketones (excluding diaryl/α,β-unsaturated/α-hetero) is 1. The Labute approximate surface area is 171 Å². The van der Waals surface area contributed by atoms with Gasteiger partial charge < -0.3 is 19.1 Å². The first kappa shape index (κ1) is 19.3. The minimum atomic E-state index is 0.0648. The molecule has 0 saturated carbocycles. The first-order valence-electron chi connectivity index (χ1n) is 9.19. The quantitative estimate of drug-likeness (QED) is 0.530. The molecule has 1 aromatic heterocycles. The Balaban J connectivity index is 1.31. The molecule has 2 aliphatic rings. The Hall–Kier alpha value is -2.03. The summed E-state index contributed by atoms with van der Waals surface area (Å²) in [4.78, 5) is 29.3. The van der Waals surface area contributed by atoms with Gasteiger partial charge in [-0.2, -0.15) is 0 Å². The summed E-state index contributed by atoms with van der Waals surface area (Å²) in [7, 11) is 0. The Morgan fingerprint density at radius 2 is 1.79 bits per heavy atom. The van der Waals surface area contributed by atoms with E-state index >= 15 is 0 Å². The summed E-state index contributed by atoms with van der Waals surface area (Å²) in [6, 6.07) is 9.42. The van der Waals surface area contributed by atoms with Crippen molar-refractivity contribution in [3.63, 3.8) is 0 Å². The molecule has 0 radical (unpaired) electrons. The minimum Gasteiger partial charge on any atom is -0.486 e. The van der Waals surface area contributed by atoms with E-state index < -0.39 is 0 Å². The Bertz CT molecular complexity index is 860. The van der Waals surface area contributed by atoms with E-state index in [1.165, 1.54) is 23.1 Å². The van der Waals surface area contributed by atoms with E-state index in [0.717, 1.165) is 21.3 Å². The van der Waals surface area contributed by atoms with E-state index in [-0.39, 0.29) is 11.7 Å². The molecule has 148 valence electrons. The molecule has 28 heavy (non-hydrogen) atoms. The van der Waals surface area contributed by atoms with Gasteiger partial charge in [-0.25, -0.2) is 0 Å². The summed E-state index contributed by atoms with van der Waals surface area (Å²) in [5, 5.41) is 0. The van der Waals surface area contributed by atoms with Crippen molar-refractivity contribution in [2.24, 2.45) is 0 Å². The van der Waals surface area contributed by atoms with Crippen LogP contribution in [-0.2, 0) is 16.0 Å². The molecule has 0 atom stereocenters. The zero-order valence-corrected chi connectivity index (χ0v) is 17.0. The standard InChI is InChI=1S/C20H21NO5S2/c22-16(13-27-14-1-3-17-18(11-14)26-10-9-25-17)19-4-2-15(28-19)12-20(23)21-5-7-24-8-6-21/h1-4,11H,5-10,12-13H2. The molecule has 8 heteroatoms. The maximum atomic E-state index is 12.5. The van der Waals surface area contributed by atoms with Gasteiger partial charge in [-0.3, -0.25) is 9.59 Å². The van der Waals surface area contributed by atoms with E-state index in [2.05, 4.69) is 0 Å². The van der Waals surface area contributed by atoms with Crippen LogP contribution in [0, 0.1) is 0 Å². The lowest BCUT2D eigenvalue weighted by Gasteiger charge is -2.26. The van der Waals surface area contributed by atoms with Crippen LogP contribution in [-0.4, -0.2) is 61.9 Å². The number of fused-ring (bicyclic) bond motifs is 1. The maximum Gasteiger partial charge on any atom is 0.227 e. The van der Waals surface area contributed by atoms with Gasteiger partial charge in [-0.1, -0.05) is 0 Å². The Morgan fingerprint density at radius 1 is 1.00 bits per heavy atom. The van der Waals surface area contributed by atoms with Crippen molar-refractivity contribution in [1.82, 2.24) is 4.90 Å². The first-order valence-corrected chi connectivity index (χ1v) is 11.0. The summed E-state index contributed by atoms with van der Waals surface area (Å²) < 4.78 is 16.4. The zero-order valence-electron chi connectivity index (χ0n) is 15.3. The van der Waals surface area contributed by atoms with Crippen molar-refractivity contribution in [2.75, 3.05) is 45.3 Å². The van der Waals surface area contributed by atoms with Crippen molar-refractivity contribution in [2.45, 2.75) is 11.3 Å². The van der Waals surface area contributed by atoms with Crippen molar-refractivity contribution in [3.05, 3.63) is 40.1 Å². The largest absolute Gasteiger partial charge is 0.486 e. The number of amides is 1. The number of hydrogen-bond acceptors (Lipinski definition) is 7. The maximum absolute atomic E-state index is 12.5.